The number of hydrogen-bond donors (Lipinski definition) is 2. The van der Waals surface area contributed by atoms with Crippen molar-refractivity contribution >= 4 is 34.6 Å². The van der Waals surface area contributed by atoms with Gasteiger partial charge in [0.2, 0.25) is 0 Å². The first-order valence-corrected chi connectivity index (χ1v) is 8.48. The maximum Gasteiger partial charge on any atom is 0.170 e. The first-order chi connectivity index (χ1) is 10.5. The third-order valence-electron chi connectivity index (χ3n) is 4.18. The summed E-state index contributed by atoms with van der Waals surface area (Å²) in [7, 11) is 0. The molecule has 0 aromatic heterocycles. The summed E-state index contributed by atoms with van der Waals surface area (Å²) in [6.45, 7) is 7.61. The Morgan fingerprint density at radius 2 is 2.14 bits per heavy atom. The van der Waals surface area contributed by atoms with Gasteiger partial charge in [0.15, 0.2) is 5.11 Å². The van der Waals surface area contributed by atoms with Crippen LogP contribution in [-0.2, 0) is 0 Å². The van der Waals surface area contributed by atoms with Crippen LogP contribution in [0.25, 0.3) is 0 Å². The molecule has 6 heteroatoms. The van der Waals surface area contributed by atoms with Gasteiger partial charge >= 0.3 is 0 Å². The highest BCUT2D eigenvalue weighted by molar-refractivity contribution is 7.80. The van der Waals surface area contributed by atoms with E-state index in [2.05, 4.69) is 29.4 Å². The molecule has 0 radical (unpaired) electrons. The van der Waals surface area contributed by atoms with Crippen molar-refractivity contribution < 1.29 is 4.39 Å². The van der Waals surface area contributed by atoms with E-state index in [1.165, 1.54) is 25.0 Å². The van der Waals surface area contributed by atoms with Crippen molar-refractivity contribution in [3.63, 3.8) is 0 Å². The second kappa shape index (κ2) is 8.09. The van der Waals surface area contributed by atoms with E-state index in [0.717, 1.165) is 25.6 Å². The van der Waals surface area contributed by atoms with Gasteiger partial charge in [-0.15, -0.1) is 0 Å². The summed E-state index contributed by atoms with van der Waals surface area (Å²) in [6, 6.07) is 4.90. The molecule has 122 valence electrons. The fourth-order valence-corrected chi connectivity index (χ4v) is 2.97. The summed E-state index contributed by atoms with van der Waals surface area (Å²) in [6.07, 6.45) is 2.53. The van der Waals surface area contributed by atoms with Crippen LogP contribution in [0.2, 0.25) is 5.02 Å². The predicted octanol–water partition coefficient (Wildman–Crippen LogP) is 3.89. The Kier molecular flexibility index (Phi) is 6.41. The SMILES string of the molecule is CC1CCN([C@@H](C)CNC(=S)Nc2ccc(F)c(Cl)c2)CC1. The summed E-state index contributed by atoms with van der Waals surface area (Å²) in [5, 5.41) is 6.86. The molecule has 0 amide bonds. The lowest BCUT2D eigenvalue weighted by Gasteiger charge is -2.35. The van der Waals surface area contributed by atoms with Crippen molar-refractivity contribution in [2.45, 2.75) is 32.7 Å². The van der Waals surface area contributed by atoms with Gasteiger partial charge in [-0.2, -0.15) is 0 Å². The fraction of sp³-hybridized carbons (Fsp3) is 0.562. The molecule has 0 unspecified atom stereocenters. The second-order valence-corrected chi connectivity index (χ2v) is 6.85. The molecule has 2 rings (SSSR count). The minimum atomic E-state index is -0.431. The maximum absolute atomic E-state index is 13.1. The molecule has 1 aromatic rings. The molecule has 1 saturated heterocycles. The van der Waals surface area contributed by atoms with E-state index in [1.807, 2.05) is 0 Å². The van der Waals surface area contributed by atoms with Crippen LogP contribution < -0.4 is 10.6 Å². The van der Waals surface area contributed by atoms with Crippen molar-refractivity contribution in [1.82, 2.24) is 10.2 Å². The standard InChI is InChI=1S/C16H23ClFN3S/c1-11-5-7-21(8-6-11)12(2)10-19-16(22)20-13-3-4-15(18)14(17)9-13/h3-4,9,11-12H,5-8,10H2,1-2H3,(H2,19,20,22)/t12-/m0/s1. The number of piperidine rings is 1. The van der Waals surface area contributed by atoms with Crippen molar-refractivity contribution in [1.29, 1.82) is 0 Å². The average molecular weight is 344 g/mol. The van der Waals surface area contributed by atoms with Gasteiger partial charge in [-0.1, -0.05) is 18.5 Å². The summed E-state index contributed by atoms with van der Waals surface area (Å²) < 4.78 is 13.1. The number of nitrogens with one attached hydrogen (secondary N) is 2. The normalized spacial score (nSPS) is 18.0. The first-order valence-electron chi connectivity index (χ1n) is 7.69. The van der Waals surface area contributed by atoms with Crippen LogP contribution in [-0.4, -0.2) is 35.7 Å². The van der Waals surface area contributed by atoms with Crippen LogP contribution in [0.15, 0.2) is 18.2 Å². The highest BCUT2D eigenvalue weighted by atomic mass is 35.5. The van der Waals surface area contributed by atoms with Crippen molar-refractivity contribution in [3.8, 4) is 0 Å². The number of anilines is 1. The Hall–Kier alpha value is -0.910. The number of halogens is 2. The van der Waals surface area contributed by atoms with E-state index in [1.54, 1.807) is 6.07 Å². The summed E-state index contributed by atoms with van der Waals surface area (Å²) in [5.41, 5.74) is 0.684. The number of hydrogen-bond acceptors (Lipinski definition) is 2. The fourth-order valence-electron chi connectivity index (χ4n) is 2.59. The topological polar surface area (TPSA) is 27.3 Å². The summed E-state index contributed by atoms with van der Waals surface area (Å²) in [4.78, 5) is 2.49. The average Bonchev–Trinajstić information content (AvgIpc) is 2.49. The summed E-state index contributed by atoms with van der Waals surface area (Å²) >= 11 is 11.0. The van der Waals surface area contributed by atoms with Gasteiger partial charge in [0, 0.05) is 18.3 Å². The van der Waals surface area contributed by atoms with Crippen molar-refractivity contribution in [3.05, 3.63) is 29.0 Å². The molecule has 0 aliphatic carbocycles. The zero-order valence-electron chi connectivity index (χ0n) is 13.0. The van der Waals surface area contributed by atoms with E-state index in [9.17, 15) is 4.39 Å². The van der Waals surface area contributed by atoms with Crippen LogP contribution in [0.4, 0.5) is 10.1 Å². The molecule has 22 heavy (non-hydrogen) atoms. The van der Waals surface area contributed by atoms with Gasteiger partial charge in [-0.3, -0.25) is 4.90 Å². The highest BCUT2D eigenvalue weighted by Crippen LogP contribution is 2.19. The lowest BCUT2D eigenvalue weighted by Crippen LogP contribution is -2.46. The van der Waals surface area contributed by atoms with E-state index in [0.29, 0.717) is 16.8 Å². The molecule has 1 aliphatic rings. The molecule has 1 fully saturated rings. The zero-order valence-corrected chi connectivity index (χ0v) is 14.6. The molecule has 1 atom stereocenters. The lowest BCUT2D eigenvalue weighted by molar-refractivity contribution is 0.148. The van der Waals surface area contributed by atoms with Gasteiger partial charge in [0.25, 0.3) is 0 Å². The minimum absolute atomic E-state index is 0.0867. The number of nitrogens with zero attached hydrogens (tertiary/aromatic N) is 1. The molecule has 1 heterocycles. The van der Waals surface area contributed by atoms with Crippen LogP contribution in [0, 0.1) is 11.7 Å². The van der Waals surface area contributed by atoms with Crippen molar-refractivity contribution in [2.75, 3.05) is 25.0 Å². The second-order valence-electron chi connectivity index (χ2n) is 6.03. The number of benzene rings is 1. The van der Waals surface area contributed by atoms with Crippen LogP contribution in [0.1, 0.15) is 26.7 Å². The summed E-state index contributed by atoms with van der Waals surface area (Å²) in [5.74, 6) is 0.404. The van der Waals surface area contributed by atoms with Crippen molar-refractivity contribution in [2.24, 2.45) is 5.92 Å². The number of thiocarbonyl (C=S) groups is 1. The van der Waals surface area contributed by atoms with E-state index >= 15 is 0 Å². The minimum Gasteiger partial charge on any atom is -0.361 e. The van der Waals surface area contributed by atoms with Gasteiger partial charge in [0.05, 0.1) is 5.02 Å². The lowest BCUT2D eigenvalue weighted by atomic mass is 9.98. The molecule has 3 nitrogen and oxygen atoms in total. The third-order valence-corrected chi connectivity index (χ3v) is 4.71. The molecular formula is C16H23ClFN3S. The Labute approximate surface area is 142 Å². The van der Waals surface area contributed by atoms with Gasteiger partial charge in [-0.05, 0) is 69.2 Å². The van der Waals surface area contributed by atoms with Gasteiger partial charge in [0.1, 0.15) is 5.82 Å². The molecule has 0 saturated carbocycles. The molecule has 1 aromatic carbocycles. The van der Waals surface area contributed by atoms with Crippen LogP contribution in [0.5, 0.6) is 0 Å². The third kappa shape index (κ3) is 5.07. The Bertz CT molecular complexity index is 518. The largest absolute Gasteiger partial charge is 0.361 e. The first kappa shape index (κ1) is 17.4. The Balaban J connectivity index is 1.76. The number of rotatable bonds is 4. The number of likely N-dealkylation sites (tertiary alicyclic amines) is 1. The van der Waals surface area contributed by atoms with Crippen LogP contribution >= 0.6 is 23.8 Å². The van der Waals surface area contributed by atoms with E-state index in [-0.39, 0.29) is 5.02 Å². The van der Waals surface area contributed by atoms with E-state index in [4.69, 9.17) is 23.8 Å². The smallest absolute Gasteiger partial charge is 0.170 e. The maximum atomic E-state index is 13.1. The Morgan fingerprint density at radius 1 is 1.45 bits per heavy atom. The predicted molar refractivity (Wildman–Crippen MR) is 95.1 cm³/mol. The Morgan fingerprint density at radius 3 is 2.77 bits per heavy atom. The zero-order chi connectivity index (χ0) is 16.1. The molecule has 0 bridgehead atoms. The van der Waals surface area contributed by atoms with E-state index < -0.39 is 5.82 Å². The molecule has 2 N–H and O–H groups in total. The molecule has 1 aliphatic heterocycles. The van der Waals surface area contributed by atoms with Crippen LogP contribution in [0.3, 0.4) is 0 Å². The molecular weight excluding hydrogens is 321 g/mol. The van der Waals surface area contributed by atoms with Gasteiger partial charge < -0.3 is 10.6 Å². The molecule has 0 spiro atoms. The van der Waals surface area contributed by atoms with Gasteiger partial charge in [-0.25, -0.2) is 4.39 Å². The highest BCUT2D eigenvalue weighted by Gasteiger charge is 2.20. The monoisotopic (exact) mass is 343 g/mol. The quantitative estimate of drug-likeness (QED) is 0.811.